The molecule has 0 saturated heterocycles. The monoisotopic (exact) mass is 332 g/mol. The van der Waals surface area contributed by atoms with Crippen molar-refractivity contribution < 1.29 is 4.74 Å². The minimum absolute atomic E-state index is 0.220. The summed E-state index contributed by atoms with van der Waals surface area (Å²) in [4.78, 5) is 12.0. The summed E-state index contributed by atoms with van der Waals surface area (Å²) in [6, 6.07) is 14.5. The molecule has 2 heterocycles. The van der Waals surface area contributed by atoms with Crippen LogP contribution in [0.2, 0.25) is 0 Å². The van der Waals surface area contributed by atoms with Crippen molar-refractivity contribution in [2.75, 3.05) is 0 Å². The van der Waals surface area contributed by atoms with Gasteiger partial charge in [-0.25, -0.2) is 9.97 Å². The number of nitrogens with zero attached hydrogens (tertiary/aromatic N) is 3. The molecule has 0 spiro atoms. The first-order chi connectivity index (χ1) is 12.2. The third-order valence-electron chi connectivity index (χ3n) is 4.09. The summed E-state index contributed by atoms with van der Waals surface area (Å²) in [6.45, 7) is 4.69. The topological polar surface area (TPSA) is 55.7 Å². The van der Waals surface area contributed by atoms with Crippen LogP contribution in [0, 0.1) is 0 Å². The number of aromatic nitrogens is 4. The second-order valence-corrected chi connectivity index (χ2v) is 6.29. The average Bonchev–Trinajstić information content (AvgIpc) is 3.29. The predicted octanol–water partition coefficient (Wildman–Crippen LogP) is 4.34. The van der Waals surface area contributed by atoms with Gasteiger partial charge in [0, 0.05) is 23.6 Å². The van der Waals surface area contributed by atoms with Crippen LogP contribution in [0.5, 0.6) is 0 Å². The lowest BCUT2D eigenvalue weighted by atomic mass is 10.1. The highest BCUT2D eigenvalue weighted by Gasteiger charge is 2.08. The normalized spacial score (nSPS) is 11.5. The molecule has 4 aromatic rings. The van der Waals surface area contributed by atoms with E-state index in [0.717, 1.165) is 33.7 Å². The van der Waals surface area contributed by atoms with Gasteiger partial charge in [0.05, 0.1) is 23.7 Å². The standard InChI is InChI=1S/C20H20N4O/c1-14(2)25-12-15-6-7-19-18(10-15)23-13-24(19)17-5-3-4-16(11-17)20-21-8-9-22-20/h3-11,13-14H,12H2,1-2H3,(H,21,22). The van der Waals surface area contributed by atoms with E-state index >= 15 is 0 Å². The maximum atomic E-state index is 5.68. The minimum Gasteiger partial charge on any atom is -0.374 e. The van der Waals surface area contributed by atoms with E-state index in [2.05, 4.69) is 49.9 Å². The fourth-order valence-corrected chi connectivity index (χ4v) is 2.84. The van der Waals surface area contributed by atoms with Gasteiger partial charge in [0.25, 0.3) is 0 Å². The van der Waals surface area contributed by atoms with Crippen LogP contribution in [-0.2, 0) is 11.3 Å². The third kappa shape index (κ3) is 3.19. The average molecular weight is 332 g/mol. The molecule has 0 bridgehead atoms. The summed E-state index contributed by atoms with van der Waals surface area (Å²) in [6.07, 6.45) is 5.67. The molecule has 0 saturated carbocycles. The Balaban J connectivity index is 1.69. The summed E-state index contributed by atoms with van der Waals surface area (Å²) in [5, 5.41) is 0. The second kappa shape index (κ2) is 6.53. The number of rotatable bonds is 5. The van der Waals surface area contributed by atoms with E-state index in [9.17, 15) is 0 Å². The summed E-state index contributed by atoms with van der Waals surface area (Å²) in [5.41, 5.74) is 5.28. The van der Waals surface area contributed by atoms with Crippen LogP contribution in [-0.4, -0.2) is 25.6 Å². The van der Waals surface area contributed by atoms with E-state index in [1.165, 1.54) is 0 Å². The number of aromatic amines is 1. The fourth-order valence-electron chi connectivity index (χ4n) is 2.84. The Kier molecular flexibility index (Phi) is 4.07. The first-order valence-corrected chi connectivity index (χ1v) is 8.38. The third-order valence-corrected chi connectivity index (χ3v) is 4.09. The molecule has 5 nitrogen and oxygen atoms in total. The van der Waals surface area contributed by atoms with E-state index in [4.69, 9.17) is 4.74 Å². The van der Waals surface area contributed by atoms with Crippen molar-refractivity contribution in [1.29, 1.82) is 0 Å². The number of fused-ring (bicyclic) bond motifs is 1. The molecule has 0 aliphatic rings. The summed E-state index contributed by atoms with van der Waals surface area (Å²) >= 11 is 0. The first-order valence-electron chi connectivity index (χ1n) is 8.38. The number of H-pyrrole nitrogens is 1. The zero-order valence-corrected chi connectivity index (χ0v) is 14.3. The van der Waals surface area contributed by atoms with Gasteiger partial charge in [0.1, 0.15) is 12.2 Å². The highest BCUT2D eigenvalue weighted by Crippen LogP contribution is 2.23. The van der Waals surface area contributed by atoms with Crippen LogP contribution in [0.25, 0.3) is 28.1 Å². The predicted molar refractivity (Wildman–Crippen MR) is 98.6 cm³/mol. The lowest BCUT2D eigenvalue weighted by Gasteiger charge is -2.08. The van der Waals surface area contributed by atoms with E-state index in [1.807, 2.05) is 38.5 Å². The van der Waals surface area contributed by atoms with E-state index in [-0.39, 0.29) is 6.10 Å². The zero-order chi connectivity index (χ0) is 17.2. The van der Waals surface area contributed by atoms with Crippen molar-refractivity contribution in [3.8, 4) is 17.1 Å². The summed E-state index contributed by atoms with van der Waals surface area (Å²) in [7, 11) is 0. The Labute approximate surface area is 146 Å². The van der Waals surface area contributed by atoms with Gasteiger partial charge < -0.3 is 9.72 Å². The Morgan fingerprint density at radius 3 is 2.84 bits per heavy atom. The molecule has 0 aliphatic heterocycles. The number of benzene rings is 2. The van der Waals surface area contributed by atoms with Crippen molar-refractivity contribution in [1.82, 2.24) is 19.5 Å². The molecule has 0 radical (unpaired) electrons. The first kappa shape index (κ1) is 15.6. The van der Waals surface area contributed by atoms with E-state index in [1.54, 1.807) is 6.20 Å². The highest BCUT2D eigenvalue weighted by molar-refractivity contribution is 5.78. The summed E-state index contributed by atoms with van der Waals surface area (Å²) in [5.74, 6) is 0.861. The Hall–Kier alpha value is -2.92. The number of hydrogen-bond acceptors (Lipinski definition) is 3. The number of nitrogens with one attached hydrogen (secondary N) is 1. The van der Waals surface area contributed by atoms with Crippen molar-refractivity contribution in [2.24, 2.45) is 0 Å². The largest absolute Gasteiger partial charge is 0.374 e. The molecule has 2 aromatic carbocycles. The van der Waals surface area contributed by atoms with Crippen molar-refractivity contribution in [3.63, 3.8) is 0 Å². The molecule has 4 rings (SSSR count). The van der Waals surface area contributed by atoms with Gasteiger partial charge >= 0.3 is 0 Å². The molecule has 2 aromatic heterocycles. The zero-order valence-electron chi connectivity index (χ0n) is 14.3. The molecule has 1 N–H and O–H groups in total. The van der Waals surface area contributed by atoms with Gasteiger partial charge in [-0.2, -0.15) is 0 Å². The maximum Gasteiger partial charge on any atom is 0.137 e. The molecular formula is C20H20N4O. The molecule has 0 unspecified atom stereocenters. The molecule has 25 heavy (non-hydrogen) atoms. The van der Waals surface area contributed by atoms with E-state index in [0.29, 0.717) is 6.61 Å². The van der Waals surface area contributed by atoms with Crippen LogP contribution in [0.15, 0.2) is 61.2 Å². The molecule has 126 valence electrons. The van der Waals surface area contributed by atoms with Crippen molar-refractivity contribution >= 4 is 11.0 Å². The van der Waals surface area contributed by atoms with Gasteiger partial charge in [-0.15, -0.1) is 0 Å². The molecular weight excluding hydrogens is 312 g/mol. The molecule has 0 fully saturated rings. The van der Waals surface area contributed by atoms with Gasteiger partial charge in [-0.3, -0.25) is 4.57 Å². The lowest BCUT2D eigenvalue weighted by molar-refractivity contribution is 0.0657. The van der Waals surface area contributed by atoms with Crippen LogP contribution in [0.1, 0.15) is 19.4 Å². The van der Waals surface area contributed by atoms with Crippen LogP contribution < -0.4 is 0 Å². The molecule has 0 amide bonds. The minimum atomic E-state index is 0.220. The number of hydrogen-bond donors (Lipinski definition) is 1. The van der Waals surface area contributed by atoms with Gasteiger partial charge in [0.15, 0.2) is 0 Å². The number of imidazole rings is 2. The van der Waals surface area contributed by atoms with Crippen LogP contribution in [0.3, 0.4) is 0 Å². The quantitative estimate of drug-likeness (QED) is 0.591. The Morgan fingerprint density at radius 1 is 1.12 bits per heavy atom. The molecule has 0 aliphatic carbocycles. The summed E-state index contributed by atoms with van der Waals surface area (Å²) < 4.78 is 7.77. The van der Waals surface area contributed by atoms with Crippen molar-refractivity contribution in [3.05, 3.63) is 66.7 Å². The van der Waals surface area contributed by atoms with Gasteiger partial charge in [-0.1, -0.05) is 18.2 Å². The Bertz CT molecular complexity index is 986. The Morgan fingerprint density at radius 2 is 2.04 bits per heavy atom. The van der Waals surface area contributed by atoms with Gasteiger partial charge in [-0.05, 0) is 43.7 Å². The smallest absolute Gasteiger partial charge is 0.137 e. The van der Waals surface area contributed by atoms with Crippen LogP contribution >= 0.6 is 0 Å². The SMILES string of the molecule is CC(C)OCc1ccc2c(c1)ncn2-c1cccc(-c2ncc[nH]2)c1. The van der Waals surface area contributed by atoms with Crippen LogP contribution in [0.4, 0.5) is 0 Å². The van der Waals surface area contributed by atoms with Crippen molar-refractivity contribution in [2.45, 2.75) is 26.6 Å². The van der Waals surface area contributed by atoms with E-state index < -0.39 is 0 Å². The van der Waals surface area contributed by atoms with Gasteiger partial charge in [0.2, 0.25) is 0 Å². The molecule has 5 heteroatoms. The maximum absolute atomic E-state index is 5.68. The molecule has 0 atom stereocenters. The highest BCUT2D eigenvalue weighted by atomic mass is 16.5. The lowest BCUT2D eigenvalue weighted by Crippen LogP contribution is -2.02. The number of ether oxygens (including phenoxy) is 1. The fraction of sp³-hybridized carbons (Fsp3) is 0.200. The second-order valence-electron chi connectivity index (χ2n) is 6.29.